The molecule has 4 nitrogen and oxygen atoms in total. The molecular formula is C16H19NO3. The number of carbonyl (C=O) groups is 2. The van der Waals surface area contributed by atoms with Gasteiger partial charge in [0.25, 0.3) is 5.91 Å². The maximum atomic E-state index is 12.6. The number of aryl methyl sites for hydroxylation is 2. The van der Waals surface area contributed by atoms with E-state index < -0.39 is 5.97 Å². The Kier molecular flexibility index (Phi) is 3.47. The molecule has 0 aromatic heterocycles. The highest BCUT2D eigenvalue weighted by Gasteiger charge is 2.31. The van der Waals surface area contributed by atoms with Gasteiger partial charge in [0.15, 0.2) is 0 Å². The van der Waals surface area contributed by atoms with E-state index in [9.17, 15) is 9.59 Å². The highest BCUT2D eigenvalue weighted by Crippen LogP contribution is 2.26. The Morgan fingerprint density at radius 3 is 2.80 bits per heavy atom. The first-order valence-electron chi connectivity index (χ1n) is 7.30. The fraction of sp³-hybridized carbons (Fsp3) is 0.500. The second-order valence-electron chi connectivity index (χ2n) is 5.73. The summed E-state index contributed by atoms with van der Waals surface area (Å²) in [5.74, 6) is -0.841. The van der Waals surface area contributed by atoms with E-state index in [2.05, 4.69) is 6.07 Å². The summed E-state index contributed by atoms with van der Waals surface area (Å²) >= 11 is 0. The van der Waals surface area contributed by atoms with Crippen LogP contribution in [0.3, 0.4) is 0 Å². The van der Waals surface area contributed by atoms with Crippen molar-refractivity contribution in [2.45, 2.75) is 44.6 Å². The summed E-state index contributed by atoms with van der Waals surface area (Å²) < 4.78 is 0. The van der Waals surface area contributed by atoms with Crippen molar-refractivity contribution in [2.24, 2.45) is 0 Å². The Hall–Kier alpha value is -1.84. The molecule has 2 aliphatic rings. The van der Waals surface area contributed by atoms with E-state index >= 15 is 0 Å². The van der Waals surface area contributed by atoms with Crippen molar-refractivity contribution >= 4 is 11.9 Å². The van der Waals surface area contributed by atoms with Gasteiger partial charge in [0.05, 0.1) is 6.42 Å². The van der Waals surface area contributed by atoms with Gasteiger partial charge in [0.1, 0.15) is 0 Å². The van der Waals surface area contributed by atoms with Crippen LogP contribution in [-0.2, 0) is 17.6 Å². The molecule has 1 aromatic rings. The van der Waals surface area contributed by atoms with Crippen LogP contribution in [0.1, 0.15) is 47.2 Å². The zero-order chi connectivity index (χ0) is 14.1. The molecule has 0 saturated carbocycles. The van der Waals surface area contributed by atoms with Gasteiger partial charge in [-0.2, -0.15) is 0 Å². The van der Waals surface area contributed by atoms with Crippen LogP contribution in [0, 0.1) is 0 Å². The van der Waals surface area contributed by atoms with Crippen LogP contribution in [0.25, 0.3) is 0 Å². The van der Waals surface area contributed by atoms with E-state index in [1.165, 1.54) is 17.5 Å². The number of carboxylic acids is 1. The topological polar surface area (TPSA) is 57.6 Å². The largest absolute Gasteiger partial charge is 0.481 e. The van der Waals surface area contributed by atoms with E-state index in [0.717, 1.165) is 25.7 Å². The number of likely N-dealkylation sites (tertiary alicyclic amines) is 1. The molecule has 1 atom stereocenters. The minimum atomic E-state index is -0.830. The van der Waals surface area contributed by atoms with Crippen molar-refractivity contribution in [1.29, 1.82) is 0 Å². The first-order chi connectivity index (χ1) is 9.65. The second kappa shape index (κ2) is 5.27. The second-order valence-corrected chi connectivity index (χ2v) is 5.73. The zero-order valence-corrected chi connectivity index (χ0v) is 11.5. The smallest absolute Gasteiger partial charge is 0.305 e. The van der Waals surface area contributed by atoms with Crippen molar-refractivity contribution in [3.8, 4) is 0 Å². The first-order valence-corrected chi connectivity index (χ1v) is 7.30. The zero-order valence-electron chi connectivity index (χ0n) is 11.5. The van der Waals surface area contributed by atoms with Gasteiger partial charge in [-0.3, -0.25) is 9.59 Å². The SMILES string of the molecule is O=C(O)CC1CCCN1C(=O)c1ccc2c(c1)CCC2. The molecular weight excluding hydrogens is 254 g/mol. The Balaban J connectivity index is 1.79. The number of carbonyl (C=O) groups excluding carboxylic acids is 1. The monoisotopic (exact) mass is 273 g/mol. The van der Waals surface area contributed by atoms with Crippen LogP contribution in [0.5, 0.6) is 0 Å². The lowest BCUT2D eigenvalue weighted by Gasteiger charge is -2.23. The number of rotatable bonds is 3. The number of hydrogen-bond donors (Lipinski definition) is 1. The van der Waals surface area contributed by atoms with Crippen LogP contribution >= 0.6 is 0 Å². The third kappa shape index (κ3) is 2.42. The third-order valence-electron chi connectivity index (χ3n) is 4.39. The predicted octanol–water partition coefficient (Wildman–Crippen LogP) is 2.25. The highest BCUT2D eigenvalue weighted by atomic mass is 16.4. The van der Waals surface area contributed by atoms with Crippen molar-refractivity contribution in [2.75, 3.05) is 6.54 Å². The molecule has 1 aliphatic carbocycles. The van der Waals surface area contributed by atoms with Gasteiger partial charge in [-0.1, -0.05) is 6.07 Å². The quantitative estimate of drug-likeness (QED) is 0.919. The molecule has 106 valence electrons. The summed E-state index contributed by atoms with van der Waals surface area (Å²) in [5, 5.41) is 8.93. The molecule has 1 aromatic carbocycles. The summed E-state index contributed by atoms with van der Waals surface area (Å²) in [7, 11) is 0. The number of hydrogen-bond acceptors (Lipinski definition) is 2. The molecule has 0 radical (unpaired) electrons. The standard InChI is InChI=1S/C16H19NO3/c18-15(19)10-14-5-2-8-17(14)16(20)13-7-6-11-3-1-4-12(11)9-13/h6-7,9,14H,1-5,8,10H2,(H,18,19). The number of amides is 1. The minimum Gasteiger partial charge on any atom is -0.481 e. The van der Waals surface area contributed by atoms with Crippen molar-refractivity contribution < 1.29 is 14.7 Å². The van der Waals surface area contributed by atoms with Gasteiger partial charge in [0.2, 0.25) is 0 Å². The van der Waals surface area contributed by atoms with Crippen LogP contribution in [0.4, 0.5) is 0 Å². The van der Waals surface area contributed by atoms with Gasteiger partial charge >= 0.3 is 5.97 Å². The average Bonchev–Trinajstić information content (AvgIpc) is 3.04. The first kappa shape index (κ1) is 13.2. The van der Waals surface area contributed by atoms with Crippen LogP contribution < -0.4 is 0 Å². The third-order valence-corrected chi connectivity index (χ3v) is 4.39. The molecule has 0 bridgehead atoms. The number of aliphatic carboxylic acids is 1. The fourth-order valence-corrected chi connectivity index (χ4v) is 3.39. The fourth-order valence-electron chi connectivity index (χ4n) is 3.39. The number of carboxylic acid groups (broad SMARTS) is 1. The highest BCUT2D eigenvalue weighted by molar-refractivity contribution is 5.95. The van der Waals surface area contributed by atoms with Crippen molar-refractivity contribution in [3.63, 3.8) is 0 Å². The number of benzene rings is 1. The van der Waals surface area contributed by atoms with Crippen molar-refractivity contribution in [3.05, 3.63) is 34.9 Å². The summed E-state index contributed by atoms with van der Waals surface area (Å²) in [6.45, 7) is 0.674. The van der Waals surface area contributed by atoms with Gasteiger partial charge in [-0.05, 0) is 55.4 Å². The van der Waals surface area contributed by atoms with Gasteiger partial charge in [-0.15, -0.1) is 0 Å². The number of nitrogens with zero attached hydrogens (tertiary/aromatic N) is 1. The molecule has 1 unspecified atom stereocenters. The van der Waals surface area contributed by atoms with E-state index in [-0.39, 0.29) is 18.4 Å². The summed E-state index contributed by atoms with van der Waals surface area (Å²) in [5.41, 5.74) is 3.35. The van der Waals surface area contributed by atoms with E-state index in [1.807, 2.05) is 12.1 Å². The van der Waals surface area contributed by atoms with E-state index in [0.29, 0.717) is 12.1 Å². The molecule has 3 rings (SSSR count). The van der Waals surface area contributed by atoms with Gasteiger partial charge < -0.3 is 10.0 Å². The van der Waals surface area contributed by atoms with Gasteiger partial charge in [-0.25, -0.2) is 0 Å². The molecule has 1 amide bonds. The molecule has 1 N–H and O–H groups in total. The molecule has 1 fully saturated rings. The molecule has 4 heteroatoms. The van der Waals surface area contributed by atoms with Crippen LogP contribution in [-0.4, -0.2) is 34.5 Å². The maximum Gasteiger partial charge on any atom is 0.305 e. The molecule has 1 heterocycles. The van der Waals surface area contributed by atoms with E-state index in [4.69, 9.17) is 5.11 Å². The molecule has 1 saturated heterocycles. The average molecular weight is 273 g/mol. The van der Waals surface area contributed by atoms with Crippen LogP contribution in [0.2, 0.25) is 0 Å². The lowest BCUT2D eigenvalue weighted by molar-refractivity contribution is -0.137. The summed E-state index contributed by atoms with van der Waals surface area (Å²) in [6, 6.07) is 5.80. The summed E-state index contributed by atoms with van der Waals surface area (Å²) in [4.78, 5) is 25.2. The predicted molar refractivity (Wildman–Crippen MR) is 74.8 cm³/mol. The molecule has 0 spiro atoms. The van der Waals surface area contributed by atoms with Crippen LogP contribution in [0.15, 0.2) is 18.2 Å². The normalized spacial score (nSPS) is 21.0. The Morgan fingerprint density at radius 1 is 1.20 bits per heavy atom. The summed E-state index contributed by atoms with van der Waals surface area (Å²) in [6.07, 6.45) is 5.07. The van der Waals surface area contributed by atoms with E-state index in [1.54, 1.807) is 4.90 Å². The lowest BCUT2D eigenvalue weighted by Crippen LogP contribution is -2.36. The Labute approximate surface area is 118 Å². The minimum absolute atomic E-state index is 0.0107. The Morgan fingerprint density at radius 2 is 2.00 bits per heavy atom. The molecule has 20 heavy (non-hydrogen) atoms. The maximum absolute atomic E-state index is 12.6. The van der Waals surface area contributed by atoms with Crippen molar-refractivity contribution in [1.82, 2.24) is 4.90 Å². The lowest BCUT2D eigenvalue weighted by atomic mass is 10.0. The Bertz CT molecular complexity index is 553. The van der Waals surface area contributed by atoms with Gasteiger partial charge in [0, 0.05) is 18.2 Å². The molecule has 1 aliphatic heterocycles. The number of fused-ring (bicyclic) bond motifs is 1.